The molecule has 2 rings (SSSR count). The maximum atomic E-state index is 12.2. The molecule has 0 spiro atoms. The van der Waals surface area contributed by atoms with Crippen LogP contribution >= 0.6 is 11.8 Å². The summed E-state index contributed by atoms with van der Waals surface area (Å²) in [6, 6.07) is 2.37. The molecule has 0 aromatic carbocycles. The zero-order valence-electron chi connectivity index (χ0n) is 9.67. The summed E-state index contributed by atoms with van der Waals surface area (Å²) in [5.41, 5.74) is 5.40. The number of nitrogens with zero attached hydrogens (tertiary/aromatic N) is 1. The van der Waals surface area contributed by atoms with Gasteiger partial charge in [-0.15, -0.1) is 0 Å². The minimum absolute atomic E-state index is 0.147. The summed E-state index contributed by atoms with van der Waals surface area (Å²) in [6.07, 6.45) is 0. The van der Waals surface area contributed by atoms with Crippen molar-refractivity contribution in [3.63, 3.8) is 0 Å². The summed E-state index contributed by atoms with van der Waals surface area (Å²) in [5.74, 6) is 0.430. The minimum Gasteiger partial charge on any atom is -0.480 e. The predicted octanol–water partition coefficient (Wildman–Crippen LogP) is 0.381. The molecule has 1 fully saturated rings. The van der Waals surface area contributed by atoms with Gasteiger partial charge in [-0.1, -0.05) is 0 Å². The lowest BCUT2D eigenvalue weighted by molar-refractivity contribution is -0.141. The fourth-order valence-corrected chi connectivity index (χ4v) is 2.83. The van der Waals surface area contributed by atoms with E-state index in [1.807, 2.05) is 0 Å². The summed E-state index contributed by atoms with van der Waals surface area (Å²) in [5, 5.41) is 9.10. The molecule has 3 N–H and O–H groups in total. The van der Waals surface area contributed by atoms with Gasteiger partial charge in [0.05, 0.1) is 6.54 Å². The van der Waals surface area contributed by atoms with E-state index in [4.69, 9.17) is 15.3 Å². The maximum absolute atomic E-state index is 12.2. The van der Waals surface area contributed by atoms with Crippen molar-refractivity contribution in [2.75, 3.05) is 18.1 Å². The number of nitrogens with two attached hydrogens (primary N) is 1. The molecule has 0 saturated carbocycles. The highest BCUT2D eigenvalue weighted by Crippen LogP contribution is 2.20. The van der Waals surface area contributed by atoms with Gasteiger partial charge in [-0.2, -0.15) is 11.8 Å². The lowest BCUT2D eigenvalue weighted by Gasteiger charge is -2.31. The lowest BCUT2D eigenvalue weighted by Crippen LogP contribution is -2.50. The molecule has 1 unspecified atom stereocenters. The van der Waals surface area contributed by atoms with Crippen molar-refractivity contribution >= 4 is 23.6 Å². The highest BCUT2D eigenvalue weighted by atomic mass is 32.2. The van der Waals surface area contributed by atoms with Crippen molar-refractivity contribution in [3.05, 3.63) is 23.7 Å². The second kappa shape index (κ2) is 5.45. The number of carbonyl (C=O) groups is 2. The van der Waals surface area contributed by atoms with Crippen LogP contribution in [-0.2, 0) is 11.3 Å². The van der Waals surface area contributed by atoms with Crippen molar-refractivity contribution in [2.45, 2.75) is 12.6 Å². The number of amides is 1. The van der Waals surface area contributed by atoms with Crippen LogP contribution in [0.15, 0.2) is 16.5 Å². The third kappa shape index (κ3) is 2.51. The highest BCUT2D eigenvalue weighted by Gasteiger charge is 2.34. The van der Waals surface area contributed by atoms with Gasteiger partial charge in [0.15, 0.2) is 5.76 Å². The van der Waals surface area contributed by atoms with Crippen molar-refractivity contribution in [3.8, 4) is 0 Å². The Morgan fingerprint density at radius 2 is 2.33 bits per heavy atom. The molecule has 98 valence electrons. The molecule has 1 aliphatic rings. The van der Waals surface area contributed by atoms with Crippen LogP contribution in [0.4, 0.5) is 0 Å². The van der Waals surface area contributed by atoms with Gasteiger partial charge in [-0.25, -0.2) is 4.79 Å². The van der Waals surface area contributed by atoms with Gasteiger partial charge in [0.1, 0.15) is 11.8 Å². The molecule has 1 saturated heterocycles. The summed E-state index contributed by atoms with van der Waals surface area (Å²) in [6.45, 7) is 0.630. The average Bonchev–Trinajstić information content (AvgIpc) is 2.86. The third-order valence-corrected chi connectivity index (χ3v) is 3.77. The summed E-state index contributed by atoms with van der Waals surface area (Å²) in [4.78, 5) is 24.6. The Morgan fingerprint density at radius 1 is 1.56 bits per heavy atom. The number of carboxylic acid groups (broad SMARTS) is 1. The van der Waals surface area contributed by atoms with Crippen LogP contribution in [0, 0.1) is 0 Å². The summed E-state index contributed by atoms with van der Waals surface area (Å²) >= 11 is 1.53. The van der Waals surface area contributed by atoms with E-state index >= 15 is 0 Å². The first-order chi connectivity index (χ1) is 8.63. The van der Waals surface area contributed by atoms with Crippen LogP contribution in [0.3, 0.4) is 0 Å². The molecule has 6 nitrogen and oxygen atoms in total. The van der Waals surface area contributed by atoms with E-state index in [0.717, 1.165) is 5.75 Å². The number of hydrogen-bond acceptors (Lipinski definition) is 5. The summed E-state index contributed by atoms with van der Waals surface area (Å²) in [7, 11) is 0. The number of furan rings is 1. The predicted molar refractivity (Wildman–Crippen MR) is 66.4 cm³/mol. The molecule has 2 heterocycles. The highest BCUT2D eigenvalue weighted by molar-refractivity contribution is 7.99. The molecule has 18 heavy (non-hydrogen) atoms. The second-order valence-corrected chi connectivity index (χ2v) is 5.05. The van der Waals surface area contributed by atoms with Crippen LogP contribution in [0.5, 0.6) is 0 Å². The normalized spacial score (nSPS) is 19.8. The fraction of sp³-hybridized carbons (Fsp3) is 0.455. The first-order valence-corrected chi connectivity index (χ1v) is 6.69. The SMILES string of the molecule is NCc1ccc(C(=O)N2CCSCC2C(=O)O)o1. The first kappa shape index (κ1) is 13.0. The van der Waals surface area contributed by atoms with Crippen molar-refractivity contribution in [1.29, 1.82) is 0 Å². The molecule has 7 heteroatoms. The number of carboxylic acids is 1. The van der Waals surface area contributed by atoms with Crippen LogP contribution in [-0.4, -0.2) is 46.0 Å². The van der Waals surface area contributed by atoms with Crippen LogP contribution in [0.1, 0.15) is 16.3 Å². The lowest BCUT2D eigenvalue weighted by atomic mass is 10.2. The Balaban J connectivity index is 2.17. The Hall–Kier alpha value is -1.47. The molecule has 1 aromatic heterocycles. The van der Waals surface area contributed by atoms with E-state index in [1.165, 1.54) is 22.7 Å². The monoisotopic (exact) mass is 270 g/mol. The molecule has 1 amide bonds. The number of aliphatic carboxylic acids is 1. The van der Waals surface area contributed by atoms with Crippen molar-refractivity contribution in [2.24, 2.45) is 5.73 Å². The maximum Gasteiger partial charge on any atom is 0.327 e. The summed E-state index contributed by atoms with van der Waals surface area (Å²) < 4.78 is 5.26. The largest absolute Gasteiger partial charge is 0.480 e. The first-order valence-electron chi connectivity index (χ1n) is 5.53. The van der Waals surface area contributed by atoms with E-state index in [2.05, 4.69) is 0 Å². The van der Waals surface area contributed by atoms with E-state index in [-0.39, 0.29) is 18.2 Å². The molecular weight excluding hydrogens is 256 g/mol. The van der Waals surface area contributed by atoms with Gasteiger partial charge in [0.2, 0.25) is 0 Å². The van der Waals surface area contributed by atoms with Crippen molar-refractivity contribution in [1.82, 2.24) is 4.90 Å². The molecular formula is C11H14N2O4S. The standard InChI is InChI=1S/C11H14N2O4S/c12-5-7-1-2-9(17-7)10(14)13-3-4-18-6-8(13)11(15)16/h1-2,8H,3-6,12H2,(H,15,16). The number of thioether (sulfide) groups is 1. The smallest absolute Gasteiger partial charge is 0.327 e. The Morgan fingerprint density at radius 3 is 2.94 bits per heavy atom. The zero-order chi connectivity index (χ0) is 13.1. The molecule has 0 bridgehead atoms. The molecule has 1 aliphatic heterocycles. The average molecular weight is 270 g/mol. The Kier molecular flexibility index (Phi) is 3.93. The Labute approximate surface area is 108 Å². The quantitative estimate of drug-likeness (QED) is 0.824. The number of rotatable bonds is 3. The number of hydrogen-bond donors (Lipinski definition) is 2. The van der Waals surface area contributed by atoms with Crippen LogP contribution < -0.4 is 5.73 Å². The van der Waals surface area contributed by atoms with Gasteiger partial charge < -0.3 is 20.2 Å². The molecule has 1 atom stereocenters. The van der Waals surface area contributed by atoms with Crippen molar-refractivity contribution < 1.29 is 19.1 Å². The molecule has 0 radical (unpaired) electrons. The molecule has 1 aromatic rings. The third-order valence-electron chi connectivity index (χ3n) is 2.75. The van der Waals surface area contributed by atoms with E-state index in [0.29, 0.717) is 18.1 Å². The van der Waals surface area contributed by atoms with Gasteiger partial charge >= 0.3 is 5.97 Å². The van der Waals surface area contributed by atoms with Gasteiger partial charge in [-0.05, 0) is 12.1 Å². The minimum atomic E-state index is -0.985. The van der Waals surface area contributed by atoms with Gasteiger partial charge in [-0.3, -0.25) is 4.79 Å². The Bertz CT molecular complexity index is 460. The zero-order valence-corrected chi connectivity index (χ0v) is 10.5. The van der Waals surface area contributed by atoms with Crippen LogP contribution in [0.25, 0.3) is 0 Å². The van der Waals surface area contributed by atoms with Gasteiger partial charge in [0, 0.05) is 18.1 Å². The number of carbonyl (C=O) groups excluding carboxylic acids is 1. The topological polar surface area (TPSA) is 96.8 Å². The fourth-order valence-electron chi connectivity index (χ4n) is 1.80. The van der Waals surface area contributed by atoms with E-state index in [9.17, 15) is 9.59 Å². The second-order valence-electron chi connectivity index (χ2n) is 3.90. The van der Waals surface area contributed by atoms with Crippen LogP contribution in [0.2, 0.25) is 0 Å². The van der Waals surface area contributed by atoms with E-state index < -0.39 is 12.0 Å². The van der Waals surface area contributed by atoms with Gasteiger partial charge in [0.25, 0.3) is 5.91 Å². The van der Waals surface area contributed by atoms with E-state index in [1.54, 1.807) is 6.07 Å². The molecule has 0 aliphatic carbocycles.